The number of nitrogens with zero attached hydrogens (tertiary/aromatic N) is 3. The molecule has 110 valence electrons. The lowest BCUT2D eigenvalue weighted by Crippen LogP contribution is -2.48. The zero-order chi connectivity index (χ0) is 14.5. The minimum absolute atomic E-state index is 0.191. The standard InChI is InChI=1S/C13H17F2N3O2/c1-20-13(19)10-3-2-4-12(16-10)18-7-5-17(6-8-18)9-11(14)15/h2-4,11H,5-9H2,1H3. The van der Waals surface area contributed by atoms with E-state index in [1.807, 2.05) is 4.90 Å². The third kappa shape index (κ3) is 3.63. The van der Waals surface area contributed by atoms with E-state index in [1.165, 1.54) is 7.11 Å². The minimum Gasteiger partial charge on any atom is -0.464 e. The van der Waals surface area contributed by atoms with Gasteiger partial charge in [0.25, 0.3) is 6.43 Å². The van der Waals surface area contributed by atoms with Gasteiger partial charge < -0.3 is 9.64 Å². The summed E-state index contributed by atoms with van der Waals surface area (Å²) in [5.41, 5.74) is 0.250. The number of hydrogen-bond acceptors (Lipinski definition) is 5. The van der Waals surface area contributed by atoms with E-state index < -0.39 is 12.4 Å². The van der Waals surface area contributed by atoms with Gasteiger partial charge in [-0.1, -0.05) is 6.07 Å². The third-order valence-electron chi connectivity index (χ3n) is 3.22. The molecule has 0 atom stereocenters. The largest absolute Gasteiger partial charge is 0.464 e. The van der Waals surface area contributed by atoms with E-state index in [2.05, 4.69) is 9.72 Å². The molecule has 0 spiro atoms. The number of ether oxygens (including phenoxy) is 1. The Morgan fingerprint density at radius 1 is 1.35 bits per heavy atom. The van der Waals surface area contributed by atoms with Crippen LogP contribution < -0.4 is 4.90 Å². The molecule has 2 heterocycles. The van der Waals surface area contributed by atoms with Gasteiger partial charge >= 0.3 is 5.97 Å². The Balaban J connectivity index is 1.98. The van der Waals surface area contributed by atoms with Crippen molar-refractivity contribution < 1.29 is 18.3 Å². The molecule has 0 unspecified atom stereocenters. The molecule has 20 heavy (non-hydrogen) atoms. The topological polar surface area (TPSA) is 45.7 Å². The molecular formula is C13H17F2N3O2. The molecular weight excluding hydrogens is 268 g/mol. The van der Waals surface area contributed by atoms with Crippen molar-refractivity contribution in [2.75, 3.05) is 44.7 Å². The molecule has 0 aliphatic carbocycles. The van der Waals surface area contributed by atoms with Crippen LogP contribution in [-0.2, 0) is 4.74 Å². The Kier molecular flexibility index (Phi) is 4.84. The third-order valence-corrected chi connectivity index (χ3v) is 3.22. The first-order valence-corrected chi connectivity index (χ1v) is 6.41. The molecule has 0 N–H and O–H groups in total. The van der Waals surface area contributed by atoms with Gasteiger partial charge in [0.2, 0.25) is 0 Å². The Bertz CT molecular complexity index is 463. The summed E-state index contributed by atoms with van der Waals surface area (Å²) < 4.78 is 29.2. The second-order valence-corrected chi connectivity index (χ2v) is 4.55. The molecule has 1 fully saturated rings. The van der Waals surface area contributed by atoms with Crippen LogP contribution in [0.1, 0.15) is 10.5 Å². The molecule has 7 heteroatoms. The lowest BCUT2D eigenvalue weighted by Gasteiger charge is -2.35. The maximum absolute atomic E-state index is 12.3. The summed E-state index contributed by atoms with van der Waals surface area (Å²) in [6, 6.07) is 5.12. The number of rotatable bonds is 4. The number of halogens is 2. The van der Waals surface area contributed by atoms with Crippen LogP contribution >= 0.6 is 0 Å². The van der Waals surface area contributed by atoms with Crippen molar-refractivity contribution in [1.82, 2.24) is 9.88 Å². The molecule has 1 aliphatic heterocycles. The zero-order valence-corrected chi connectivity index (χ0v) is 11.3. The average Bonchev–Trinajstić information content (AvgIpc) is 2.47. The first-order chi connectivity index (χ1) is 9.60. The van der Waals surface area contributed by atoms with Crippen LogP contribution in [0, 0.1) is 0 Å². The fourth-order valence-corrected chi connectivity index (χ4v) is 2.17. The summed E-state index contributed by atoms with van der Waals surface area (Å²) in [5.74, 6) is 0.188. The summed E-state index contributed by atoms with van der Waals surface area (Å²) in [6.07, 6.45) is -2.30. The van der Waals surface area contributed by atoms with Crippen LogP contribution in [0.15, 0.2) is 18.2 Å². The first kappa shape index (κ1) is 14.6. The molecule has 0 aromatic carbocycles. The fraction of sp³-hybridized carbons (Fsp3) is 0.538. The molecule has 5 nitrogen and oxygen atoms in total. The van der Waals surface area contributed by atoms with E-state index in [0.717, 1.165) is 0 Å². The monoisotopic (exact) mass is 285 g/mol. The summed E-state index contributed by atoms with van der Waals surface area (Å²) in [7, 11) is 1.31. The number of esters is 1. The molecule has 2 rings (SSSR count). The van der Waals surface area contributed by atoms with Crippen molar-refractivity contribution in [2.24, 2.45) is 0 Å². The molecule has 1 aromatic rings. The minimum atomic E-state index is -2.30. The van der Waals surface area contributed by atoms with Crippen LogP contribution in [0.2, 0.25) is 0 Å². The summed E-state index contributed by atoms with van der Waals surface area (Å²) in [6.45, 7) is 2.17. The quantitative estimate of drug-likeness (QED) is 0.779. The van der Waals surface area contributed by atoms with E-state index >= 15 is 0 Å². The number of aromatic nitrogens is 1. The van der Waals surface area contributed by atoms with Crippen molar-refractivity contribution in [3.8, 4) is 0 Å². The van der Waals surface area contributed by atoms with Crippen molar-refractivity contribution in [3.63, 3.8) is 0 Å². The maximum atomic E-state index is 12.3. The highest BCUT2D eigenvalue weighted by Gasteiger charge is 2.21. The van der Waals surface area contributed by atoms with Gasteiger partial charge in [0.05, 0.1) is 13.7 Å². The molecule has 0 bridgehead atoms. The summed E-state index contributed by atoms with van der Waals surface area (Å²) in [5, 5.41) is 0. The Hall–Kier alpha value is -1.76. The predicted octanol–water partition coefficient (Wildman–Crippen LogP) is 1.26. The van der Waals surface area contributed by atoms with Gasteiger partial charge in [-0.05, 0) is 12.1 Å². The van der Waals surface area contributed by atoms with Gasteiger partial charge in [0.15, 0.2) is 5.69 Å². The number of anilines is 1. The Morgan fingerprint density at radius 3 is 2.65 bits per heavy atom. The normalized spacial score (nSPS) is 16.5. The number of methoxy groups -OCH3 is 1. The van der Waals surface area contributed by atoms with E-state index in [1.54, 1.807) is 23.1 Å². The van der Waals surface area contributed by atoms with Crippen LogP contribution in [-0.4, -0.2) is 62.1 Å². The van der Waals surface area contributed by atoms with Gasteiger partial charge in [-0.15, -0.1) is 0 Å². The van der Waals surface area contributed by atoms with Crippen LogP contribution in [0.25, 0.3) is 0 Å². The van der Waals surface area contributed by atoms with E-state index in [0.29, 0.717) is 32.0 Å². The Morgan fingerprint density at radius 2 is 2.05 bits per heavy atom. The second-order valence-electron chi connectivity index (χ2n) is 4.55. The molecule has 0 amide bonds. The van der Waals surface area contributed by atoms with Crippen molar-refractivity contribution in [2.45, 2.75) is 6.43 Å². The number of carbonyl (C=O) groups is 1. The van der Waals surface area contributed by atoms with Gasteiger partial charge in [0, 0.05) is 26.2 Å². The fourth-order valence-electron chi connectivity index (χ4n) is 2.17. The van der Waals surface area contributed by atoms with Gasteiger partial charge in [-0.2, -0.15) is 0 Å². The van der Waals surface area contributed by atoms with Crippen LogP contribution in [0.5, 0.6) is 0 Å². The lowest BCUT2D eigenvalue weighted by atomic mass is 10.3. The molecule has 1 aliphatic rings. The first-order valence-electron chi connectivity index (χ1n) is 6.41. The average molecular weight is 285 g/mol. The number of carbonyl (C=O) groups excluding carboxylic acids is 1. The second kappa shape index (κ2) is 6.60. The smallest absolute Gasteiger partial charge is 0.356 e. The lowest BCUT2D eigenvalue weighted by molar-refractivity contribution is 0.0593. The maximum Gasteiger partial charge on any atom is 0.356 e. The summed E-state index contributed by atoms with van der Waals surface area (Å²) in [4.78, 5) is 19.4. The van der Waals surface area contributed by atoms with Gasteiger partial charge in [0.1, 0.15) is 5.82 Å². The van der Waals surface area contributed by atoms with Crippen molar-refractivity contribution in [3.05, 3.63) is 23.9 Å². The Labute approximate surface area is 116 Å². The summed E-state index contributed by atoms with van der Waals surface area (Å²) >= 11 is 0. The highest BCUT2D eigenvalue weighted by Crippen LogP contribution is 2.15. The van der Waals surface area contributed by atoms with Gasteiger partial charge in [-0.25, -0.2) is 18.6 Å². The zero-order valence-electron chi connectivity index (χ0n) is 11.3. The van der Waals surface area contributed by atoms with E-state index in [-0.39, 0.29) is 12.2 Å². The highest BCUT2D eigenvalue weighted by atomic mass is 19.3. The molecule has 0 saturated carbocycles. The SMILES string of the molecule is COC(=O)c1cccc(N2CCN(CC(F)F)CC2)n1. The number of hydrogen-bond donors (Lipinski definition) is 0. The van der Waals surface area contributed by atoms with Crippen molar-refractivity contribution >= 4 is 11.8 Å². The number of piperazine rings is 1. The van der Waals surface area contributed by atoms with Crippen molar-refractivity contribution in [1.29, 1.82) is 0 Å². The molecule has 1 aromatic heterocycles. The molecule has 0 radical (unpaired) electrons. The molecule has 1 saturated heterocycles. The van der Waals surface area contributed by atoms with Crippen LogP contribution in [0.4, 0.5) is 14.6 Å². The van der Waals surface area contributed by atoms with E-state index in [4.69, 9.17) is 0 Å². The number of alkyl halides is 2. The highest BCUT2D eigenvalue weighted by molar-refractivity contribution is 5.87. The number of pyridine rings is 1. The predicted molar refractivity (Wildman–Crippen MR) is 70.2 cm³/mol. The van der Waals surface area contributed by atoms with E-state index in [9.17, 15) is 13.6 Å². The van der Waals surface area contributed by atoms with Crippen LogP contribution in [0.3, 0.4) is 0 Å². The van der Waals surface area contributed by atoms with Gasteiger partial charge in [-0.3, -0.25) is 4.90 Å².